The summed E-state index contributed by atoms with van der Waals surface area (Å²) >= 11 is 0. The summed E-state index contributed by atoms with van der Waals surface area (Å²) in [6.07, 6.45) is 0. The van der Waals surface area contributed by atoms with Crippen molar-refractivity contribution >= 4 is 5.69 Å². The average molecular weight is 337 g/mol. The highest BCUT2D eigenvalue weighted by molar-refractivity contribution is 5.63. The molecule has 0 amide bonds. The van der Waals surface area contributed by atoms with E-state index in [1.807, 2.05) is 6.07 Å². The Morgan fingerprint density at radius 2 is 1.88 bits per heavy atom. The van der Waals surface area contributed by atoms with Crippen molar-refractivity contribution in [2.24, 2.45) is 0 Å². The lowest BCUT2D eigenvalue weighted by Gasteiger charge is -2.14. The number of aromatic nitrogens is 2. The number of hydrogen-bond donors (Lipinski definition) is 0. The van der Waals surface area contributed by atoms with Crippen molar-refractivity contribution in [2.45, 2.75) is 6.92 Å². The normalized spacial score (nSPS) is 10.5. The van der Waals surface area contributed by atoms with Gasteiger partial charge >= 0.3 is 5.69 Å². The van der Waals surface area contributed by atoms with Gasteiger partial charge in [-0.1, -0.05) is 24.3 Å². The third-order valence-electron chi connectivity index (χ3n) is 3.78. The van der Waals surface area contributed by atoms with Gasteiger partial charge in [0.05, 0.1) is 23.4 Å². The van der Waals surface area contributed by atoms with Crippen LogP contribution in [0.15, 0.2) is 59.4 Å². The Balaban J connectivity index is 2.15. The number of benzene rings is 2. The highest BCUT2D eigenvalue weighted by Gasteiger charge is 2.14. The number of non-ortho nitro benzene ring substituents is 1. The van der Waals surface area contributed by atoms with Gasteiger partial charge in [0.2, 0.25) is 0 Å². The van der Waals surface area contributed by atoms with Crippen molar-refractivity contribution in [3.63, 3.8) is 0 Å². The Hall–Kier alpha value is -3.48. The fraction of sp³-hybridized carbons (Fsp3) is 0.111. The van der Waals surface area contributed by atoms with Gasteiger partial charge in [0.15, 0.2) is 0 Å². The summed E-state index contributed by atoms with van der Waals surface area (Å²) in [6.45, 7) is 1.77. The number of ether oxygens (including phenoxy) is 1. The van der Waals surface area contributed by atoms with Crippen molar-refractivity contribution in [1.29, 1.82) is 0 Å². The molecule has 0 radical (unpaired) electrons. The Labute approximate surface area is 143 Å². The van der Waals surface area contributed by atoms with Crippen LogP contribution in [0.5, 0.6) is 5.75 Å². The molecule has 1 heterocycles. The number of aryl methyl sites for hydroxylation is 1. The molecule has 3 rings (SSSR count). The van der Waals surface area contributed by atoms with E-state index in [4.69, 9.17) is 4.74 Å². The molecule has 1 aromatic heterocycles. The average Bonchev–Trinajstić information content (AvgIpc) is 2.61. The lowest BCUT2D eigenvalue weighted by molar-refractivity contribution is -0.384. The maximum atomic E-state index is 12.6. The maximum absolute atomic E-state index is 12.6. The van der Waals surface area contributed by atoms with Gasteiger partial charge in [-0.15, -0.1) is 0 Å². The molecule has 3 aromatic rings. The zero-order valence-electron chi connectivity index (χ0n) is 13.7. The van der Waals surface area contributed by atoms with E-state index in [1.165, 1.54) is 23.8 Å². The minimum absolute atomic E-state index is 0.0501. The summed E-state index contributed by atoms with van der Waals surface area (Å²) in [5, 5.41) is 10.9. The molecular weight excluding hydrogens is 322 g/mol. The van der Waals surface area contributed by atoms with Gasteiger partial charge in [0.1, 0.15) is 5.75 Å². The predicted octanol–water partition coefficient (Wildman–Crippen LogP) is 3.12. The van der Waals surface area contributed by atoms with Crippen LogP contribution < -0.4 is 10.4 Å². The third-order valence-corrected chi connectivity index (χ3v) is 3.78. The molecule has 0 atom stereocenters. The van der Waals surface area contributed by atoms with E-state index in [0.29, 0.717) is 28.4 Å². The zero-order chi connectivity index (χ0) is 18.0. The summed E-state index contributed by atoms with van der Waals surface area (Å²) in [5.74, 6) is 0.553. The minimum Gasteiger partial charge on any atom is -0.495 e. The topological polar surface area (TPSA) is 87.3 Å². The molecule has 0 fully saturated rings. The lowest BCUT2D eigenvalue weighted by Crippen LogP contribution is -2.24. The van der Waals surface area contributed by atoms with Crippen LogP contribution in [0.3, 0.4) is 0 Å². The number of nitrogens with zero attached hydrogens (tertiary/aromatic N) is 3. The van der Waals surface area contributed by atoms with Gasteiger partial charge in [-0.25, -0.2) is 4.79 Å². The Kier molecular flexibility index (Phi) is 4.30. The number of nitro groups is 1. The van der Waals surface area contributed by atoms with Gasteiger partial charge in [-0.2, -0.15) is 4.98 Å². The van der Waals surface area contributed by atoms with Crippen LogP contribution in [0.25, 0.3) is 16.9 Å². The minimum atomic E-state index is -0.481. The van der Waals surface area contributed by atoms with Gasteiger partial charge in [0.25, 0.3) is 5.69 Å². The fourth-order valence-corrected chi connectivity index (χ4v) is 2.63. The molecule has 126 valence electrons. The third kappa shape index (κ3) is 3.12. The molecule has 7 heteroatoms. The second kappa shape index (κ2) is 6.56. The lowest BCUT2D eigenvalue weighted by atomic mass is 10.1. The summed E-state index contributed by atoms with van der Waals surface area (Å²) in [7, 11) is 1.53. The van der Waals surface area contributed by atoms with E-state index >= 15 is 0 Å². The number of hydrogen-bond acceptors (Lipinski definition) is 5. The van der Waals surface area contributed by atoms with Crippen LogP contribution in [0, 0.1) is 17.0 Å². The number of methoxy groups -OCH3 is 1. The number of para-hydroxylation sites is 2. The molecular formula is C18H15N3O4. The van der Waals surface area contributed by atoms with E-state index < -0.39 is 10.6 Å². The monoisotopic (exact) mass is 337 g/mol. The summed E-state index contributed by atoms with van der Waals surface area (Å²) in [4.78, 5) is 27.1. The summed E-state index contributed by atoms with van der Waals surface area (Å²) in [6, 6.07) is 14.9. The first kappa shape index (κ1) is 16.4. The van der Waals surface area contributed by atoms with Crippen LogP contribution in [-0.2, 0) is 0 Å². The second-order valence-electron chi connectivity index (χ2n) is 5.38. The van der Waals surface area contributed by atoms with Crippen LogP contribution >= 0.6 is 0 Å². The molecule has 0 saturated carbocycles. The van der Waals surface area contributed by atoms with E-state index in [9.17, 15) is 14.9 Å². The fourth-order valence-electron chi connectivity index (χ4n) is 2.63. The van der Waals surface area contributed by atoms with Gasteiger partial charge in [-0.05, 0) is 25.1 Å². The zero-order valence-corrected chi connectivity index (χ0v) is 13.7. The van der Waals surface area contributed by atoms with Crippen LogP contribution in [0.1, 0.15) is 5.69 Å². The first-order chi connectivity index (χ1) is 12.0. The number of rotatable bonds is 4. The Morgan fingerprint density at radius 1 is 1.12 bits per heavy atom. The van der Waals surface area contributed by atoms with Crippen molar-refractivity contribution in [1.82, 2.24) is 9.55 Å². The smallest absolute Gasteiger partial charge is 0.353 e. The standard InChI is InChI=1S/C18H15N3O4/c1-12-10-15(13-6-5-7-14(11-13)21(23)24)19-18(22)20(12)16-8-3-4-9-17(16)25-2/h3-11H,1-2H3. The van der Waals surface area contributed by atoms with E-state index in [1.54, 1.807) is 43.3 Å². The SMILES string of the molecule is COc1ccccc1-n1c(C)cc(-c2cccc([N+](=O)[O-])c2)nc1=O. The molecule has 0 N–H and O–H groups in total. The highest BCUT2D eigenvalue weighted by atomic mass is 16.6. The first-order valence-corrected chi connectivity index (χ1v) is 7.50. The van der Waals surface area contributed by atoms with E-state index in [0.717, 1.165) is 0 Å². The largest absolute Gasteiger partial charge is 0.495 e. The molecule has 0 aliphatic rings. The van der Waals surface area contributed by atoms with E-state index in [-0.39, 0.29) is 5.69 Å². The van der Waals surface area contributed by atoms with Crippen molar-refractivity contribution in [3.8, 4) is 22.7 Å². The van der Waals surface area contributed by atoms with Crippen molar-refractivity contribution < 1.29 is 9.66 Å². The Bertz CT molecular complexity index is 1010. The molecule has 0 saturated heterocycles. The molecule has 0 aliphatic carbocycles. The second-order valence-corrected chi connectivity index (χ2v) is 5.38. The quantitative estimate of drug-likeness (QED) is 0.539. The molecule has 25 heavy (non-hydrogen) atoms. The van der Waals surface area contributed by atoms with Gasteiger partial charge in [0, 0.05) is 23.4 Å². The molecule has 0 unspecified atom stereocenters. The molecule has 0 bridgehead atoms. The van der Waals surface area contributed by atoms with Crippen molar-refractivity contribution in [2.75, 3.05) is 7.11 Å². The predicted molar refractivity (Wildman–Crippen MR) is 93.2 cm³/mol. The van der Waals surface area contributed by atoms with Crippen LogP contribution in [-0.4, -0.2) is 21.6 Å². The maximum Gasteiger partial charge on any atom is 0.353 e. The van der Waals surface area contributed by atoms with Crippen LogP contribution in [0.2, 0.25) is 0 Å². The molecule has 0 spiro atoms. The summed E-state index contributed by atoms with van der Waals surface area (Å²) in [5.41, 5.74) is 1.60. The first-order valence-electron chi connectivity index (χ1n) is 7.50. The van der Waals surface area contributed by atoms with Gasteiger partial charge in [-0.3, -0.25) is 14.7 Å². The number of nitro benzene ring substituents is 1. The van der Waals surface area contributed by atoms with E-state index in [2.05, 4.69) is 4.98 Å². The Morgan fingerprint density at radius 3 is 2.56 bits per heavy atom. The highest BCUT2D eigenvalue weighted by Crippen LogP contribution is 2.25. The summed E-state index contributed by atoms with van der Waals surface area (Å²) < 4.78 is 6.75. The molecule has 7 nitrogen and oxygen atoms in total. The molecule has 0 aliphatic heterocycles. The van der Waals surface area contributed by atoms with Crippen LogP contribution in [0.4, 0.5) is 5.69 Å². The van der Waals surface area contributed by atoms with Crippen molar-refractivity contribution in [3.05, 3.63) is 80.9 Å². The molecule has 2 aromatic carbocycles. The van der Waals surface area contributed by atoms with Gasteiger partial charge < -0.3 is 4.74 Å².